The molecule has 1 atom stereocenters. The fraction of sp³-hybridized carbons (Fsp3) is 0.333. The van der Waals surface area contributed by atoms with Gasteiger partial charge in [-0.2, -0.15) is 0 Å². The van der Waals surface area contributed by atoms with E-state index in [0.717, 1.165) is 5.69 Å². The highest BCUT2D eigenvalue weighted by atomic mass is 35.5. The minimum absolute atomic E-state index is 0.242. The smallest absolute Gasteiger partial charge is 0.0942 e. The second-order valence-corrected chi connectivity index (χ2v) is 3.16. The number of nitrogens with one attached hydrogen (secondary N) is 1. The molecule has 1 rings (SSSR count). The van der Waals surface area contributed by atoms with Crippen molar-refractivity contribution < 1.29 is 10.2 Å². The average Bonchev–Trinajstić information content (AvgIpc) is 2.14. The lowest BCUT2D eigenvalue weighted by molar-refractivity contribution is 0.105. The van der Waals surface area contributed by atoms with Crippen LogP contribution in [0.15, 0.2) is 24.3 Å². The van der Waals surface area contributed by atoms with Crippen molar-refractivity contribution in [1.82, 2.24) is 0 Å². The van der Waals surface area contributed by atoms with Crippen LogP contribution in [0.25, 0.3) is 0 Å². The summed E-state index contributed by atoms with van der Waals surface area (Å²) in [4.78, 5) is 0. The van der Waals surface area contributed by atoms with Gasteiger partial charge in [-0.3, -0.25) is 0 Å². The Kier molecular flexibility index (Phi) is 4.02. The monoisotopic (exact) mass is 201 g/mol. The van der Waals surface area contributed by atoms with Crippen molar-refractivity contribution in [3.8, 4) is 0 Å². The second kappa shape index (κ2) is 5.07. The first-order chi connectivity index (χ1) is 6.22. The molecule has 0 saturated carbocycles. The lowest BCUT2D eigenvalue weighted by Crippen LogP contribution is -2.22. The van der Waals surface area contributed by atoms with Crippen LogP contribution in [0.1, 0.15) is 0 Å². The number of hydrogen-bond donors (Lipinski definition) is 3. The van der Waals surface area contributed by atoms with Gasteiger partial charge < -0.3 is 15.5 Å². The number of hydrogen-bond acceptors (Lipinski definition) is 3. The van der Waals surface area contributed by atoms with Crippen molar-refractivity contribution in [2.24, 2.45) is 0 Å². The Morgan fingerprint density at radius 2 is 2.23 bits per heavy atom. The Hall–Kier alpha value is -0.770. The van der Waals surface area contributed by atoms with E-state index < -0.39 is 6.10 Å². The molecule has 0 aliphatic rings. The van der Waals surface area contributed by atoms with Gasteiger partial charge in [0.2, 0.25) is 0 Å². The molecule has 0 aliphatic carbocycles. The van der Waals surface area contributed by atoms with E-state index in [1.165, 1.54) is 0 Å². The van der Waals surface area contributed by atoms with Crippen LogP contribution in [0.2, 0.25) is 5.02 Å². The molecule has 1 aromatic rings. The molecule has 0 fully saturated rings. The Bertz CT molecular complexity index is 268. The maximum Gasteiger partial charge on any atom is 0.0942 e. The fourth-order valence-electron chi connectivity index (χ4n) is 0.899. The highest BCUT2D eigenvalue weighted by Gasteiger charge is 2.00. The van der Waals surface area contributed by atoms with E-state index in [9.17, 15) is 0 Å². The quantitative estimate of drug-likeness (QED) is 0.684. The van der Waals surface area contributed by atoms with Gasteiger partial charge in [0.15, 0.2) is 0 Å². The third-order valence-corrected chi connectivity index (χ3v) is 1.81. The maximum atomic E-state index is 9.04. The van der Waals surface area contributed by atoms with Crippen LogP contribution in [0.5, 0.6) is 0 Å². The fourth-order valence-corrected chi connectivity index (χ4v) is 1.09. The van der Waals surface area contributed by atoms with Gasteiger partial charge >= 0.3 is 0 Å². The summed E-state index contributed by atoms with van der Waals surface area (Å²) in [5.74, 6) is 0. The second-order valence-electron chi connectivity index (χ2n) is 2.73. The summed E-state index contributed by atoms with van der Waals surface area (Å²) in [7, 11) is 0. The predicted octanol–water partition coefficient (Wildman–Crippen LogP) is 1.11. The SMILES string of the molecule is OCC(O)CNc1cccc(Cl)c1. The number of aliphatic hydroxyl groups excluding tert-OH is 2. The van der Waals surface area contributed by atoms with Crippen molar-refractivity contribution in [2.45, 2.75) is 6.10 Å². The standard InChI is InChI=1S/C9H12ClNO2/c10-7-2-1-3-8(4-7)11-5-9(13)6-12/h1-4,9,11-13H,5-6H2. The van der Waals surface area contributed by atoms with Crippen LogP contribution >= 0.6 is 11.6 Å². The summed E-state index contributed by atoms with van der Waals surface area (Å²) in [5.41, 5.74) is 0.833. The third kappa shape index (κ3) is 3.63. The van der Waals surface area contributed by atoms with E-state index in [1.807, 2.05) is 12.1 Å². The van der Waals surface area contributed by atoms with E-state index in [1.54, 1.807) is 12.1 Å². The van der Waals surface area contributed by atoms with Crippen LogP contribution in [0.3, 0.4) is 0 Å². The van der Waals surface area contributed by atoms with Gasteiger partial charge in [-0.25, -0.2) is 0 Å². The van der Waals surface area contributed by atoms with E-state index >= 15 is 0 Å². The Morgan fingerprint density at radius 1 is 1.46 bits per heavy atom. The number of halogens is 1. The van der Waals surface area contributed by atoms with Gasteiger partial charge in [-0.15, -0.1) is 0 Å². The molecule has 13 heavy (non-hydrogen) atoms. The third-order valence-electron chi connectivity index (χ3n) is 1.58. The normalized spacial score (nSPS) is 12.5. The number of benzene rings is 1. The highest BCUT2D eigenvalue weighted by Crippen LogP contribution is 2.14. The van der Waals surface area contributed by atoms with E-state index in [2.05, 4.69) is 5.32 Å². The molecule has 0 bridgehead atoms. The summed E-state index contributed by atoms with van der Waals surface area (Å²) < 4.78 is 0. The molecule has 0 heterocycles. The summed E-state index contributed by atoms with van der Waals surface area (Å²) in [5, 5.41) is 21.2. The first kappa shape index (κ1) is 10.3. The molecule has 1 aromatic carbocycles. The van der Waals surface area contributed by atoms with Crippen molar-refractivity contribution >= 4 is 17.3 Å². The van der Waals surface area contributed by atoms with Gasteiger partial charge in [0.25, 0.3) is 0 Å². The topological polar surface area (TPSA) is 52.5 Å². The Labute approximate surface area is 82.0 Å². The van der Waals surface area contributed by atoms with Gasteiger partial charge in [0, 0.05) is 17.3 Å². The molecule has 1 unspecified atom stereocenters. The van der Waals surface area contributed by atoms with E-state index in [-0.39, 0.29) is 6.61 Å². The van der Waals surface area contributed by atoms with Gasteiger partial charge in [-0.05, 0) is 18.2 Å². The van der Waals surface area contributed by atoms with Crippen LogP contribution in [-0.2, 0) is 0 Å². The molecule has 0 saturated heterocycles. The first-order valence-electron chi connectivity index (χ1n) is 4.00. The molecule has 0 aliphatic heterocycles. The van der Waals surface area contributed by atoms with Crippen molar-refractivity contribution in [2.75, 3.05) is 18.5 Å². The van der Waals surface area contributed by atoms with Crippen LogP contribution in [-0.4, -0.2) is 29.5 Å². The highest BCUT2D eigenvalue weighted by molar-refractivity contribution is 6.30. The molecule has 0 radical (unpaired) electrons. The van der Waals surface area contributed by atoms with Gasteiger partial charge in [0.1, 0.15) is 0 Å². The summed E-state index contributed by atoms with van der Waals surface area (Å²) in [6, 6.07) is 7.19. The summed E-state index contributed by atoms with van der Waals surface area (Å²) >= 11 is 5.74. The molecule has 0 aromatic heterocycles. The van der Waals surface area contributed by atoms with Gasteiger partial charge in [-0.1, -0.05) is 17.7 Å². The van der Waals surface area contributed by atoms with Crippen molar-refractivity contribution in [1.29, 1.82) is 0 Å². The predicted molar refractivity (Wildman–Crippen MR) is 53.0 cm³/mol. The number of aliphatic hydroxyl groups is 2. The minimum Gasteiger partial charge on any atom is -0.394 e. The van der Waals surface area contributed by atoms with E-state index in [4.69, 9.17) is 21.8 Å². The van der Waals surface area contributed by atoms with Crippen LogP contribution < -0.4 is 5.32 Å². The first-order valence-corrected chi connectivity index (χ1v) is 4.38. The minimum atomic E-state index is -0.737. The molecule has 3 N–H and O–H groups in total. The zero-order chi connectivity index (χ0) is 9.68. The molecule has 0 amide bonds. The molecule has 4 heteroatoms. The molecule has 3 nitrogen and oxygen atoms in total. The molecular formula is C9H12ClNO2. The largest absolute Gasteiger partial charge is 0.394 e. The zero-order valence-corrected chi connectivity index (χ0v) is 7.83. The summed E-state index contributed by atoms with van der Waals surface area (Å²) in [6.07, 6.45) is -0.737. The number of anilines is 1. The van der Waals surface area contributed by atoms with E-state index in [0.29, 0.717) is 11.6 Å². The average molecular weight is 202 g/mol. The van der Waals surface area contributed by atoms with Crippen LogP contribution in [0.4, 0.5) is 5.69 Å². The summed E-state index contributed by atoms with van der Waals surface area (Å²) in [6.45, 7) is 0.0738. The lowest BCUT2D eigenvalue weighted by Gasteiger charge is -2.09. The zero-order valence-electron chi connectivity index (χ0n) is 7.07. The lowest BCUT2D eigenvalue weighted by atomic mass is 10.3. The molecule has 0 spiro atoms. The van der Waals surface area contributed by atoms with Gasteiger partial charge in [0.05, 0.1) is 12.7 Å². The molecular weight excluding hydrogens is 190 g/mol. The number of rotatable bonds is 4. The maximum absolute atomic E-state index is 9.04. The van der Waals surface area contributed by atoms with Crippen molar-refractivity contribution in [3.63, 3.8) is 0 Å². The molecule has 72 valence electrons. The Balaban J connectivity index is 2.45. The van der Waals surface area contributed by atoms with Crippen molar-refractivity contribution in [3.05, 3.63) is 29.3 Å². The Morgan fingerprint density at radius 3 is 2.85 bits per heavy atom. The van der Waals surface area contributed by atoms with Crippen LogP contribution in [0, 0.1) is 0 Å².